The zero-order chi connectivity index (χ0) is 24.0. The summed E-state index contributed by atoms with van der Waals surface area (Å²) in [6, 6.07) is 9.69. The van der Waals surface area contributed by atoms with Crippen LogP contribution in [-0.4, -0.2) is 36.0 Å². The van der Waals surface area contributed by atoms with E-state index in [0.717, 1.165) is 38.3 Å². The zero-order valence-electron chi connectivity index (χ0n) is 16.7. The van der Waals surface area contributed by atoms with Gasteiger partial charge in [-0.15, -0.1) is 34.4 Å². The number of aromatic nitrogens is 2. The molecule has 0 aliphatic rings. The van der Waals surface area contributed by atoms with Gasteiger partial charge < -0.3 is 10.7 Å². The lowest BCUT2D eigenvalue weighted by atomic mass is 10.1. The number of alkyl halides is 3. The van der Waals surface area contributed by atoms with Crippen molar-refractivity contribution in [3.63, 3.8) is 0 Å². The summed E-state index contributed by atoms with van der Waals surface area (Å²) in [5.74, 6) is 0.00410. The third kappa shape index (κ3) is 4.45. The molecule has 3 heterocycles. The molecule has 0 saturated heterocycles. The Labute approximate surface area is 199 Å². The molecule has 172 valence electrons. The molecule has 1 aromatic carbocycles. The Bertz CT molecular complexity index is 1430. The lowest BCUT2D eigenvalue weighted by Gasteiger charge is -2.05. The lowest BCUT2D eigenvalue weighted by molar-refractivity contribution is -0.0435. The fourth-order valence-electron chi connectivity index (χ4n) is 2.99. The van der Waals surface area contributed by atoms with E-state index in [4.69, 9.17) is 11.1 Å². The average molecular weight is 529 g/mol. The van der Waals surface area contributed by atoms with E-state index in [-0.39, 0.29) is 11.5 Å². The van der Waals surface area contributed by atoms with E-state index < -0.39 is 20.2 Å². The standard InChI is InChI=1S/C20H15F3N4O2S4/c1-30-19-13(7-16(32-19)17(24)25)18-27-15(9-31-18)11-4-2-10(3-5-11)14-6-12(8-26-14)33(28,29)20(21,22)23/h2-9,26H,1H3,(H3,24,25). The normalized spacial score (nSPS) is 12.2. The predicted octanol–water partition coefficient (Wildman–Crippen LogP) is 5.83. The van der Waals surface area contributed by atoms with Crippen molar-refractivity contribution in [1.82, 2.24) is 9.97 Å². The molecule has 0 fully saturated rings. The molecule has 0 amide bonds. The summed E-state index contributed by atoms with van der Waals surface area (Å²) in [5, 5.41) is 10.3. The van der Waals surface area contributed by atoms with Gasteiger partial charge in [-0.25, -0.2) is 13.4 Å². The first-order valence-corrected chi connectivity index (χ1v) is 13.5. The summed E-state index contributed by atoms with van der Waals surface area (Å²) < 4.78 is 62.4. The largest absolute Gasteiger partial charge is 0.501 e. The number of H-pyrrole nitrogens is 1. The maximum absolute atomic E-state index is 12.8. The molecular weight excluding hydrogens is 514 g/mol. The van der Waals surface area contributed by atoms with Crippen LogP contribution in [0.3, 0.4) is 0 Å². The van der Waals surface area contributed by atoms with Crippen LogP contribution in [-0.2, 0) is 9.84 Å². The van der Waals surface area contributed by atoms with Gasteiger partial charge in [0.05, 0.1) is 19.7 Å². The number of nitrogens with zero attached hydrogens (tertiary/aromatic N) is 1. The van der Waals surface area contributed by atoms with Crippen molar-refractivity contribution < 1.29 is 21.6 Å². The van der Waals surface area contributed by atoms with E-state index in [1.54, 1.807) is 36.0 Å². The number of thiophene rings is 1. The number of hydrogen-bond donors (Lipinski definition) is 3. The lowest BCUT2D eigenvalue weighted by Crippen LogP contribution is -2.22. The smallest absolute Gasteiger partial charge is 0.383 e. The van der Waals surface area contributed by atoms with E-state index >= 15 is 0 Å². The van der Waals surface area contributed by atoms with Crippen LogP contribution in [0.5, 0.6) is 0 Å². The molecule has 4 aromatic rings. The van der Waals surface area contributed by atoms with Gasteiger partial charge in [-0.3, -0.25) is 5.41 Å². The summed E-state index contributed by atoms with van der Waals surface area (Å²) in [4.78, 5) is 7.12. The van der Waals surface area contributed by atoms with Crippen LogP contribution in [0, 0.1) is 5.41 Å². The second-order valence-electron chi connectivity index (χ2n) is 6.74. The van der Waals surface area contributed by atoms with Crippen LogP contribution < -0.4 is 5.73 Å². The molecule has 0 radical (unpaired) electrons. The Morgan fingerprint density at radius 3 is 2.45 bits per heavy atom. The van der Waals surface area contributed by atoms with Crippen LogP contribution in [0.1, 0.15) is 4.88 Å². The quantitative estimate of drug-likeness (QED) is 0.166. The Kier molecular flexibility index (Phi) is 6.16. The highest BCUT2D eigenvalue weighted by atomic mass is 32.2. The number of hydrogen-bond acceptors (Lipinski definition) is 7. The summed E-state index contributed by atoms with van der Waals surface area (Å²) in [6.07, 6.45) is 2.77. The summed E-state index contributed by atoms with van der Waals surface area (Å²) >= 11 is 4.44. The Morgan fingerprint density at radius 1 is 1.18 bits per heavy atom. The van der Waals surface area contributed by atoms with E-state index in [9.17, 15) is 21.6 Å². The molecule has 13 heteroatoms. The van der Waals surface area contributed by atoms with Gasteiger partial charge in [-0.2, -0.15) is 13.2 Å². The van der Waals surface area contributed by atoms with Gasteiger partial charge in [-0.05, 0) is 24.0 Å². The summed E-state index contributed by atoms with van der Waals surface area (Å²) in [6.45, 7) is 0. The summed E-state index contributed by atoms with van der Waals surface area (Å²) in [7, 11) is -5.41. The molecule has 0 aliphatic heterocycles. The number of benzene rings is 1. The van der Waals surface area contributed by atoms with Gasteiger partial charge >= 0.3 is 5.51 Å². The average Bonchev–Trinajstić information content (AvgIpc) is 3.52. The third-order valence-corrected chi connectivity index (χ3v) is 9.29. The highest BCUT2D eigenvalue weighted by Gasteiger charge is 2.47. The molecule has 0 aliphatic carbocycles. The van der Waals surface area contributed by atoms with Gasteiger partial charge in [0.15, 0.2) is 0 Å². The number of sulfone groups is 1. The highest BCUT2D eigenvalue weighted by molar-refractivity contribution is 8.00. The van der Waals surface area contributed by atoms with Gasteiger partial charge in [0.25, 0.3) is 9.84 Å². The van der Waals surface area contributed by atoms with E-state index in [0.29, 0.717) is 10.4 Å². The molecule has 0 spiro atoms. The molecule has 0 saturated carbocycles. The number of amidine groups is 1. The SMILES string of the molecule is CSc1sc(C(=N)N)cc1-c1nc(-c2ccc(-c3cc(S(=O)(=O)C(F)(F)F)c[nH]3)cc2)cs1. The molecule has 4 rings (SSSR count). The second kappa shape index (κ2) is 8.63. The van der Waals surface area contributed by atoms with Crippen LogP contribution in [0.4, 0.5) is 13.2 Å². The van der Waals surface area contributed by atoms with Gasteiger partial charge in [0, 0.05) is 28.4 Å². The van der Waals surface area contributed by atoms with Crippen LogP contribution in [0.2, 0.25) is 0 Å². The molecule has 6 nitrogen and oxygen atoms in total. The van der Waals surface area contributed by atoms with Crippen LogP contribution in [0.25, 0.3) is 33.1 Å². The number of thiazole rings is 1. The first-order chi connectivity index (χ1) is 15.5. The molecule has 0 atom stereocenters. The van der Waals surface area contributed by atoms with E-state index in [1.165, 1.54) is 22.7 Å². The van der Waals surface area contributed by atoms with E-state index in [2.05, 4.69) is 9.97 Å². The molecule has 0 unspecified atom stereocenters. The van der Waals surface area contributed by atoms with Crippen LogP contribution >= 0.6 is 34.4 Å². The summed E-state index contributed by atoms with van der Waals surface area (Å²) in [5.41, 5.74) is 3.46. The minimum Gasteiger partial charge on any atom is -0.383 e. The molecule has 0 bridgehead atoms. The third-order valence-electron chi connectivity index (χ3n) is 4.65. The maximum Gasteiger partial charge on any atom is 0.501 e. The van der Waals surface area contributed by atoms with Crippen molar-refractivity contribution in [2.45, 2.75) is 14.6 Å². The molecule has 33 heavy (non-hydrogen) atoms. The van der Waals surface area contributed by atoms with Crippen molar-refractivity contribution in [2.24, 2.45) is 5.73 Å². The number of halogens is 3. The van der Waals surface area contributed by atoms with Crippen molar-refractivity contribution in [3.05, 3.63) is 52.9 Å². The maximum atomic E-state index is 12.8. The van der Waals surface area contributed by atoms with Gasteiger partial charge in [0.2, 0.25) is 0 Å². The second-order valence-corrected chi connectivity index (χ2v) is 11.7. The molecular formula is C20H15F3N4O2S4. The predicted molar refractivity (Wildman–Crippen MR) is 127 cm³/mol. The Balaban J connectivity index is 1.60. The molecule has 4 N–H and O–H groups in total. The first kappa shape index (κ1) is 23.5. The minimum atomic E-state index is -5.41. The topological polar surface area (TPSA) is 113 Å². The fraction of sp³-hybridized carbons (Fsp3) is 0.100. The first-order valence-electron chi connectivity index (χ1n) is 9.10. The van der Waals surface area contributed by atoms with Crippen molar-refractivity contribution >= 4 is 50.1 Å². The van der Waals surface area contributed by atoms with Crippen molar-refractivity contribution in [3.8, 4) is 33.1 Å². The number of thioether (sulfide) groups is 1. The number of rotatable bonds is 6. The van der Waals surface area contributed by atoms with Crippen LogP contribution in [0.15, 0.2) is 57.1 Å². The zero-order valence-corrected chi connectivity index (χ0v) is 20.0. The van der Waals surface area contributed by atoms with Gasteiger partial charge in [0.1, 0.15) is 10.8 Å². The number of nitrogens with one attached hydrogen (secondary N) is 2. The van der Waals surface area contributed by atoms with E-state index in [1.807, 2.05) is 17.7 Å². The number of nitrogens with two attached hydrogens (primary N) is 1. The number of aromatic amines is 1. The minimum absolute atomic E-state index is 0.00410. The highest BCUT2D eigenvalue weighted by Crippen LogP contribution is 2.40. The molecule has 3 aromatic heterocycles. The van der Waals surface area contributed by atoms with Crippen molar-refractivity contribution in [2.75, 3.05) is 6.26 Å². The Hall–Kier alpha value is -2.61. The van der Waals surface area contributed by atoms with Gasteiger partial charge in [-0.1, -0.05) is 24.3 Å². The fourth-order valence-corrected chi connectivity index (χ4v) is 6.45. The monoisotopic (exact) mass is 528 g/mol. The number of nitrogen functional groups attached to an aromatic ring is 1. The van der Waals surface area contributed by atoms with Crippen molar-refractivity contribution in [1.29, 1.82) is 5.41 Å². The Morgan fingerprint density at radius 2 is 1.85 bits per heavy atom.